The van der Waals surface area contributed by atoms with Crippen LogP contribution in [0, 0.1) is 0 Å². The Balaban J connectivity index is 2.57. The van der Waals surface area contributed by atoms with E-state index in [0.717, 1.165) is 0 Å². The Morgan fingerprint density at radius 3 is 2.69 bits per heavy atom. The van der Waals surface area contributed by atoms with Crippen molar-refractivity contribution in [2.24, 2.45) is 0 Å². The van der Waals surface area contributed by atoms with Gasteiger partial charge in [-0.3, -0.25) is 19.7 Å². The Labute approximate surface area is 92.0 Å². The van der Waals surface area contributed by atoms with E-state index in [4.69, 9.17) is 0 Å². The van der Waals surface area contributed by atoms with Gasteiger partial charge in [0.15, 0.2) is 0 Å². The van der Waals surface area contributed by atoms with Crippen LogP contribution in [0.5, 0.6) is 0 Å². The molecule has 16 heavy (non-hydrogen) atoms. The molecule has 0 saturated carbocycles. The standard InChI is InChI=1S/C11H10N2O3/c1-7(14)13-6-10(15)12-11(16)8-4-2-3-5-9(8)13/h2-5H,6H2,1H3,(H,12,15,16). The number of nitrogens with one attached hydrogen (secondary N) is 1. The summed E-state index contributed by atoms with van der Waals surface area (Å²) in [5.41, 5.74) is 0.807. The molecule has 1 aromatic carbocycles. The van der Waals surface area contributed by atoms with Crippen molar-refractivity contribution in [1.29, 1.82) is 0 Å². The number of carbonyl (C=O) groups excluding carboxylic acids is 3. The molecular weight excluding hydrogens is 208 g/mol. The summed E-state index contributed by atoms with van der Waals surface area (Å²) in [7, 11) is 0. The number of imide groups is 1. The Morgan fingerprint density at radius 2 is 2.00 bits per heavy atom. The van der Waals surface area contributed by atoms with Crippen molar-refractivity contribution >= 4 is 23.4 Å². The first-order valence-corrected chi connectivity index (χ1v) is 4.81. The third-order valence-electron chi connectivity index (χ3n) is 2.37. The summed E-state index contributed by atoms with van der Waals surface area (Å²) in [4.78, 5) is 35.7. The molecule has 0 saturated heterocycles. The van der Waals surface area contributed by atoms with Crippen LogP contribution in [0.1, 0.15) is 17.3 Å². The predicted octanol–water partition coefficient (Wildman–Crippen LogP) is 0.309. The summed E-state index contributed by atoms with van der Waals surface area (Å²) in [6.45, 7) is 1.23. The fourth-order valence-corrected chi connectivity index (χ4v) is 1.64. The van der Waals surface area contributed by atoms with E-state index in [1.807, 2.05) is 0 Å². The van der Waals surface area contributed by atoms with E-state index in [1.54, 1.807) is 24.3 Å². The maximum atomic E-state index is 11.6. The van der Waals surface area contributed by atoms with Gasteiger partial charge < -0.3 is 4.90 Å². The highest BCUT2D eigenvalue weighted by Gasteiger charge is 2.26. The van der Waals surface area contributed by atoms with Gasteiger partial charge in [0.1, 0.15) is 6.54 Å². The molecule has 0 aliphatic carbocycles. The molecule has 5 heteroatoms. The predicted molar refractivity (Wildman–Crippen MR) is 56.9 cm³/mol. The van der Waals surface area contributed by atoms with E-state index in [-0.39, 0.29) is 12.5 Å². The average molecular weight is 218 g/mol. The number of para-hydroxylation sites is 1. The fraction of sp³-hybridized carbons (Fsp3) is 0.182. The van der Waals surface area contributed by atoms with Crippen molar-refractivity contribution in [3.8, 4) is 0 Å². The van der Waals surface area contributed by atoms with Crippen molar-refractivity contribution in [2.45, 2.75) is 6.92 Å². The lowest BCUT2D eigenvalue weighted by Crippen LogP contribution is -2.38. The van der Waals surface area contributed by atoms with E-state index in [2.05, 4.69) is 5.32 Å². The molecule has 0 bridgehead atoms. The molecule has 1 aliphatic heterocycles. The zero-order valence-electron chi connectivity index (χ0n) is 8.69. The van der Waals surface area contributed by atoms with Gasteiger partial charge in [-0.05, 0) is 12.1 Å². The van der Waals surface area contributed by atoms with E-state index >= 15 is 0 Å². The number of hydrogen-bond acceptors (Lipinski definition) is 3. The molecule has 82 valence electrons. The van der Waals surface area contributed by atoms with Crippen LogP contribution < -0.4 is 10.2 Å². The minimum absolute atomic E-state index is 0.127. The summed E-state index contributed by atoms with van der Waals surface area (Å²) in [6, 6.07) is 6.64. The van der Waals surface area contributed by atoms with Crippen LogP contribution in [-0.2, 0) is 9.59 Å². The molecule has 0 fully saturated rings. The monoisotopic (exact) mass is 218 g/mol. The Hall–Kier alpha value is -2.17. The summed E-state index contributed by atoms with van der Waals surface area (Å²) in [6.07, 6.45) is 0. The van der Waals surface area contributed by atoms with Crippen LogP contribution in [0.25, 0.3) is 0 Å². The van der Waals surface area contributed by atoms with Crippen LogP contribution in [0.3, 0.4) is 0 Å². The first-order chi connectivity index (χ1) is 7.59. The quantitative estimate of drug-likeness (QED) is 0.637. The van der Waals surface area contributed by atoms with Crippen LogP contribution in [-0.4, -0.2) is 24.3 Å². The van der Waals surface area contributed by atoms with Gasteiger partial charge in [0.25, 0.3) is 5.91 Å². The fourth-order valence-electron chi connectivity index (χ4n) is 1.64. The third-order valence-corrected chi connectivity index (χ3v) is 2.37. The molecule has 2 rings (SSSR count). The summed E-state index contributed by atoms with van der Waals surface area (Å²) < 4.78 is 0. The highest BCUT2D eigenvalue weighted by molar-refractivity contribution is 6.14. The van der Waals surface area contributed by atoms with Crippen molar-refractivity contribution in [2.75, 3.05) is 11.4 Å². The van der Waals surface area contributed by atoms with Gasteiger partial charge in [-0.25, -0.2) is 0 Å². The molecule has 1 aromatic rings. The summed E-state index contributed by atoms with van der Waals surface area (Å²) in [5.74, 6) is -1.21. The molecule has 0 atom stereocenters. The van der Waals surface area contributed by atoms with Gasteiger partial charge in [-0.2, -0.15) is 0 Å². The molecule has 1 heterocycles. The SMILES string of the molecule is CC(=O)N1CC(=O)NC(=O)c2ccccc21. The van der Waals surface area contributed by atoms with Crippen LogP contribution in [0.2, 0.25) is 0 Å². The van der Waals surface area contributed by atoms with E-state index in [9.17, 15) is 14.4 Å². The number of anilines is 1. The van der Waals surface area contributed by atoms with Crippen molar-refractivity contribution < 1.29 is 14.4 Å². The van der Waals surface area contributed by atoms with Gasteiger partial charge in [-0.1, -0.05) is 12.1 Å². The minimum atomic E-state index is -0.476. The molecule has 0 radical (unpaired) electrons. The zero-order chi connectivity index (χ0) is 11.7. The average Bonchev–Trinajstić information content (AvgIpc) is 2.37. The van der Waals surface area contributed by atoms with Gasteiger partial charge >= 0.3 is 0 Å². The van der Waals surface area contributed by atoms with E-state index < -0.39 is 11.8 Å². The van der Waals surface area contributed by atoms with Gasteiger partial charge in [0.05, 0.1) is 11.3 Å². The molecule has 0 aromatic heterocycles. The summed E-state index contributed by atoms with van der Waals surface area (Å²) in [5, 5.41) is 2.21. The maximum absolute atomic E-state index is 11.6. The number of carbonyl (C=O) groups is 3. The Bertz CT molecular complexity index is 482. The van der Waals surface area contributed by atoms with Crippen molar-refractivity contribution in [3.63, 3.8) is 0 Å². The Morgan fingerprint density at radius 1 is 1.31 bits per heavy atom. The second-order valence-corrected chi connectivity index (χ2v) is 3.50. The number of hydrogen-bond donors (Lipinski definition) is 1. The lowest BCUT2D eigenvalue weighted by Gasteiger charge is -2.18. The maximum Gasteiger partial charge on any atom is 0.260 e. The molecule has 3 amide bonds. The highest BCUT2D eigenvalue weighted by atomic mass is 16.2. The third kappa shape index (κ3) is 1.67. The van der Waals surface area contributed by atoms with Crippen molar-refractivity contribution in [3.05, 3.63) is 29.8 Å². The van der Waals surface area contributed by atoms with E-state index in [0.29, 0.717) is 11.3 Å². The van der Waals surface area contributed by atoms with Crippen LogP contribution in [0.4, 0.5) is 5.69 Å². The van der Waals surface area contributed by atoms with Gasteiger partial charge in [-0.15, -0.1) is 0 Å². The minimum Gasteiger partial charge on any atom is -0.302 e. The normalized spacial score (nSPS) is 15.2. The topological polar surface area (TPSA) is 66.5 Å². The van der Waals surface area contributed by atoms with Crippen molar-refractivity contribution in [1.82, 2.24) is 5.32 Å². The van der Waals surface area contributed by atoms with E-state index in [1.165, 1.54) is 11.8 Å². The van der Waals surface area contributed by atoms with Gasteiger partial charge in [0.2, 0.25) is 11.8 Å². The number of amides is 3. The molecule has 0 unspecified atom stereocenters. The first-order valence-electron chi connectivity index (χ1n) is 4.81. The van der Waals surface area contributed by atoms with Gasteiger partial charge in [0, 0.05) is 6.92 Å². The largest absolute Gasteiger partial charge is 0.302 e. The second kappa shape index (κ2) is 3.77. The lowest BCUT2D eigenvalue weighted by molar-refractivity contribution is -0.122. The second-order valence-electron chi connectivity index (χ2n) is 3.50. The molecule has 5 nitrogen and oxygen atoms in total. The number of fused-ring (bicyclic) bond motifs is 1. The van der Waals surface area contributed by atoms with Crippen LogP contribution >= 0.6 is 0 Å². The molecule has 0 spiro atoms. The lowest BCUT2D eigenvalue weighted by atomic mass is 10.1. The number of benzene rings is 1. The summed E-state index contributed by atoms with van der Waals surface area (Å²) >= 11 is 0. The molecular formula is C11H10N2O3. The Kier molecular flexibility index (Phi) is 2.44. The molecule has 1 N–H and O–H groups in total. The first kappa shape index (κ1) is 10.4. The zero-order valence-corrected chi connectivity index (χ0v) is 8.69. The smallest absolute Gasteiger partial charge is 0.260 e. The number of rotatable bonds is 0. The van der Waals surface area contributed by atoms with Crippen LogP contribution in [0.15, 0.2) is 24.3 Å². The highest BCUT2D eigenvalue weighted by Crippen LogP contribution is 2.22. The number of nitrogens with zero attached hydrogens (tertiary/aromatic N) is 1. The molecule has 1 aliphatic rings.